The fourth-order valence-corrected chi connectivity index (χ4v) is 1.29. The van der Waals surface area contributed by atoms with E-state index in [0.717, 1.165) is 11.1 Å². The number of benzene rings is 1. The zero-order valence-corrected chi connectivity index (χ0v) is 8.60. The van der Waals surface area contributed by atoms with Gasteiger partial charge >= 0.3 is 0 Å². The minimum absolute atomic E-state index is 0.0416. The maximum atomic E-state index is 9.54. The van der Waals surface area contributed by atoms with E-state index < -0.39 is 6.10 Å². The Morgan fingerprint density at radius 3 is 2.64 bits per heavy atom. The third kappa shape index (κ3) is 2.54. The number of aliphatic hydroxyl groups excluding tert-OH is 1. The zero-order chi connectivity index (χ0) is 10.6. The number of aliphatic hydroxyl groups is 1. The van der Waals surface area contributed by atoms with E-state index in [4.69, 9.17) is 10.5 Å². The van der Waals surface area contributed by atoms with Crippen molar-refractivity contribution in [3.8, 4) is 0 Å². The highest BCUT2D eigenvalue weighted by molar-refractivity contribution is 5.26. The van der Waals surface area contributed by atoms with Gasteiger partial charge in [-0.1, -0.05) is 24.3 Å². The Labute approximate surface area is 84.5 Å². The third-order valence-corrected chi connectivity index (χ3v) is 2.34. The first-order valence-electron chi connectivity index (χ1n) is 4.69. The van der Waals surface area contributed by atoms with Gasteiger partial charge in [-0.25, -0.2) is 0 Å². The Bertz CT molecular complexity index is 263. The van der Waals surface area contributed by atoms with Gasteiger partial charge in [-0.05, 0) is 18.1 Å². The number of hydrogen-bond donors (Lipinski definition) is 2. The average molecular weight is 195 g/mol. The van der Waals surface area contributed by atoms with E-state index in [1.165, 1.54) is 0 Å². The smallest absolute Gasteiger partial charge is 0.0912 e. The highest BCUT2D eigenvalue weighted by Gasteiger charge is 2.08. The van der Waals surface area contributed by atoms with Crippen molar-refractivity contribution in [3.63, 3.8) is 0 Å². The molecular formula is C11H17NO2. The van der Waals surface area contributed by atoms with E-state index in [1.54, 1.807) is 7.11 Å². The second-order valence-electron chi connectivity index (χ2n) is 3.30. The van der Waals surface area contributed by atoms with Gasteiger partial charge in [0, 0.05) is 13.7 Å². The molecule has 2 atom stereocenters. The molecule has 0 saturated carbocycles. The normalized spacial score (nSPS) is 15.1. The van der Waals surface area contributed by atoms with Crippen LogP contribution in [0.15, 0.2) is 24.3 Å². The molecule has 3 nitrogen and oxygen atoms in total. The first-order valence-corrected chi connectivity index (χ1v) is 4.69. The molecule has 0 aliphatic carbocycles. The van der Waals surface area contributed by atoms with E-state index in [9.17, 15) is 5.11 Å². The van der Waals surface area contributed by atoms with Crippen LogP contribution in [0.1, 0.15) is 30.3 Å². The Morgan fingerprint density at radius 2 is 2.07 bits per heavy atom. The Kier molecular flexibility index (Phi) is 4.07. The first kappa shape index (κ1) is 11.2. The van der Waals surface area contributed by atoms with Crippen LogP contribution >= 0.6 is 0 Å². The molecule has 0 aliphatic heterocycles. The summed E-state index contributed by atoms with van der Waals surface area (Å²) in [7, 11) is 1.66. The summed E-state index contributed by atoms with van der Waals surface area (Å²) >= 11 is 0. The van der Waals surface area contributed by atoms with E-state index in [1.807, 2.05) is 31.2 Å². The Balaban J connectivity index is 2.89. The molecule has 0 aliphatic rings. The summed E-state index contributed by atoms with van der Waals surface area (Å²) in [4.78, 5) is 0. The van der Waals surface area contributed by atoms with Crippen molar-refractivity contribution in [2.45, 2.75) is 19.1 Å². The molecule has 3 heteroatoms. The zero-order valence-electron chi connectivity index (χ0n) is 8.60. The summed E-state index contributed by atoms with van der Waals surface area (Å²) in [5, 5.41) is 9.54. The van der Waals surface area contributed by atoms with Crippen molar-refractivity contribution in [1.82, 2.24) is 0 Å². The molecule has 3 N–H and O–H groups in total. The van der Waals surface area contributed by atoms with Gasteiger partial charge < -0.3 is 15.6 Å². The van der Waals surface area contributed by atoms with Gasteiger partial charge in [-0.3, -0.25) is 0 Å². The predicted octanol–water partition coefficient (Wildman–Crippen LogP) is 1.39. The van der Waals surface area contributed by atoms with Gasteiger partial charge in [-0.15, -0.1) is 0 Å². The van der Waals surface area contributed by atoms with E-state index >= 15 is 0 Å². The molecular weight excluding hydrogens is 178 g/mol. The van der Waals surface area contributed by atoms with Gasteiger partial charge in [-0.2, -0.15) is 0 Å². The fourth-order valence-electron chi connectivity index (χ4n) is 1.29. The number of hydrogen-bond acceptors (Lipinski definition) is 3. The summed E-state index contributed by atoms with van der Waals surface area (Å²) in [5.41, 5.74) is 7.28. The van der Waals surface area contributed by atoms with Crippen LogP contribution in [0.5, 0.6) is 0 Å². The molecule has 1 aromatic rings. The number of nitrogens with two attached hydrogens (primary N) is 1. The van der Waals surface area contributed by atoms with Gasteiger partial charge in [0.1, 0.15) is 0 Å². The van der Waals surface area contributed by atoms with Crippen LogP contribution in [-0.2, 0) is 4.74 Å². The van der Waals surface area contributed by atoms with Crippen molar-refractivity contribution in [1.29, 1.82) is 0 Å². The molecule has 1 aromatic carbocycles. The predicted molar refractivity (Wildman–Crippen MR) is 55.9 cm³/mol. The maximum absolute atomic E-state index is 9.54. The average Bonchev–Trinajstić information content (AvgIpc) is 2.27. The molecule has 0 spiro atoms. The minimum atomic E-state index is -0.584. The second kappa shape index (κ2) is 5.10. The third-order valence-electron chi connectivity index (χ3n) is 2.34. The summed E-state index contributed by atoms with van der Waals surface area (Å²) < 4.78 is 5.19. The largest absolute Gasteiger partial charge is 0.387 e. The standard InChI is InChI=1S/C11H17NO2/c1-8(14-2)9-4-3-5-10(6-9)11(13)7-12/h3-6,8,11,13H,7,12H2,1-2H3. The summed E-state index contributed by atoms with van der Waals surface area (Å²) in [6.45, 7) is 2.21. The molecule has 2 unspecified atom stereocenters. The second-order valence-corrected chi connectivity index (χ2v) is 3.30. The van der Waals surface area contributed by atoms with E-state index in [0.29, 0.717) is 0 Å². The fraction of sp³-hybridized carbons (Fsp3) is 0.455. The highest BCUT2D eigenvalue weighted by Crippen LogP contribution is 2.20. The van der Waals surface area contributed by atoms with Crippen LogP contribution in [0, 0.1) is 0 Å². The van der Waals surface area contributed by atoms with Crippen LogP contribution in [0.25, 0.3) is 0 Å². The molecule has 78 valence electrons. The van der Waals surface area contributed by atoms with Crippen LogP contribution in [0.4, 0.5) is 0 Å². The highest BCUT2D eigenvalue weighted by atomic mass is 16.5. The summed E-state index contributed by atoms with van der Waals surface area (Å²) in [6, 6.07) is 7.66. The molecule has 0 radical (unpaired) electrons. The minimum Gasteiger partial charge on any atom is -0.387 e. The molecule has 14 heavy (non-hydrogen) atoms. The number of rotatable bonds is 4. The summed E-state index contributed by atoms with van der Waals surface area (Å²) in [5.74, 6) is 0. The van der Waals surface area contributed by atoms with Crippen molar-refractivity contribution in [2.75, 3.05) is 13.7 Å². The molecule has 0 saturated heterocycles. The monoisotopic (exact) mass is 195 g/mol. The van der Waals surface area contributed by atoms with Crippen LogP contribution in [-0.4, -0.2) is 18.8 Å². The first-order chi connectivity index (χ1) is 6.69. The molecule has 0 fully saturated rings. The van der Waals surface area contributed by atoms with Crippen LogP contribution in [0.2, 0.25) is 0 Å². The molecule has 0 heterocycles. The number of methoxy groups -OCH3 is 1. The lowest BCUT2D eigenvalue weighted by Crippen LogP contribution is -2.11. The quantitative estimate of drug-likeness (QED) is 0.763. The Morgan fingerprint density at radius 1 is 1.43 bits per heavy atom. The molecule has 0 aromatic heterocycles. The van der Waals surface area contributed by atoms with E-state index in [2.05, 4.69) is 0 Å². The SMILES string of the molecule is COC(C)c1cccc(C(O)CN)c1. The lowest BCUT2D eigenvalue weighted by molar-refractivity contribution is 0.119. The van der Waals surface area contributed by atoms with Crippen molar-refractivity contribution < 1.29 is 9.84 Å². The van der Waals surface area contributed by atoms with Crippen molar-refractivity contribution in [3.05, 3.63) is 35.4 Å². The van der Waals surface area contributed by atoms with Crippen LogP contribution < -0.4 is 5.73 Å². The topological polar surface area (TPSA) is 55.5 Å². The van der Waals surface area contributed by atoms with Crippen molar-refractivity contribution >= 4 is 0 Å². The molecule has 1 rings (SSSR count). The van der Waals surface area contributed by atoms with Crippen LogP contribution in [0.3, 0.4) is 0 Å². The summed E-state index contributed by atoms with van der Waals surface area (Å²) in [6.07, 6.45) is -0.543. The molecule has 0 amide bonds. The lowest BCUT2D eigenvalue weighted by atomic mass is 10.0. The van der Waals surface area contributed by atoms with Gasteiger partial charge in [0.05, 0.1) is 12.2 Å². The lowest BCUT2D eigenvalue weighted by Gasteiger charge is -2.13. The van der Waals surface area contributed by atoms with Gasteiger partial charge in [0.2, 0.25) is 0 Å². The Hall–Kier alpha value is -0.900. The number of ether oxygens (including phenoxy) is 1. The van der Waals surface area contributed by atoms with Crippen molar-refractivity contribution in [2.24, 2.45) is 5.73 Å². The van der Waals surface area contributed by atoms with Gasteiger partial charge in [0.25, 0.3) is 0 Å². The maximum Gasteiger partial charge on any atom is 0.0912 e. The van der Waals surface area contributed by atoms with Gasteiger partial charge in [0.15, 0.2) is 0 Å². The molecule has 0 bridgehead atoms. The van der Waals surface area contributed by atoms with E-state index in [-0.39, 0.29) is 12.6 Å².